The van der Waals surface area contributed by atoms with E-state index in [1.54, 1.807) is 26.0 Å². The second-order valence-electron chi connectivity index (χ2n) is 4.34. The molecule has 0 radical (unpaired) electrons. The average Bonchev–Trinajstić information content (AvgIpc) is 2.25. The number of nitrogens with two attached hydrogens (primary N) is 1. The largest absolute Gasteiger partial charge is 0.480 e. The summed E-state index contributed by atoms with van der Waals surface area (Å²) in [5, 5.41) is 8.86. The van der Waals surface area contributed by atoms with Crippen molar-refractivity contribution in [1.29, 1.82) is 0 Å². The van der Waals surface area contributed by atoms with Crippen LogP contribution in [-0.4, -0.2) is 21.9 Å². The molecule has 0 unspecified atom stereocenters. The van der Waals surface area contributed by atoms with E-state index >= 15 is 0 Å². The number of halogens is 1. The van der Waals surface area contributed by atoms with Gasteiger partial charge >= 0.3 is 5.97 Å². The van der Waals surface area contributed by atoms with Crippen molar-refractivity contribution in [2.45, 2.75) is 30.4 Å². The van der Waals surface area contributed by atoms with Gasteiger partial charge in [-0.3, -0.25) is 4.79 Å². The standard InChI is InChI=1S/C12H16FNO2S/c1-12(2,10(14)11(15)16)17-7-8-4-3-5-9(13)6-8/h3-6,10H,7,14H2,1-2H3,(H,15,16)/t10-/m1/s1. The molecule has 0 saturated carbocycles. The summed E-state index contributed by atoms with van der Waals surface area (Å²) >= 11 is 1.40. The van der Waals surface area contributed by atoms with Gasteiger partial charge in [0.15, 0.2) is 0 Å². The molecule has 0 aliphatic carbocycles. The van der Waals surface area contributed by atoms with Gasteiger partial charge in [0.2, 0.25) is 0 Å². The Morgan fingerprint density at radius 2 is 2.24 bits per heavy atom. The fourth-order valence-electron chi connectivity index (χ4n) is 1.28. The van der Waals surface area contributed by atoms with E-state index in [2.05, 4.69) is 0 Å². The molecule has 0 heterocycles. The summed E-state index contributed by atoms with van der Waals surface area (Å²) in [6.07, 6.45) is 0. The molecule has 1 rings (SSSR count). The second-order valence-corrected chi connectivity index (χ2v) is 5.97. The van der Waals surface area contributed by atoms with Gasteiger partial charge in [0, 0.05) is 10.5 Å². The lowest BCUT2D eigenvalue weighted by molar-refractivity contribution is -0.139. The Balaban J connectivity index is 2.64. The fraction of sp³-hybridized carbons (Fsp3) is 0.417. The summed E-state index contributed by atoms with van der Waals surface area (Å²) in [5.74, 6) is -0.781. The molecule has 3 N–H and O–H groups in total. The quantitative estimate of drug-likeness (QED) is 0.849. The van der Waals surface area contributed by atoms with Crippen molar-refractivity contribution in [3.05, 3.63) is 35.6 Å². The number of carboxylic acids is 1. The molecule has 1 aromatic carbocycles. The summed E-state index contributed by atoms with van der Waals surface area (Å²) < 4.78 is 12.3. The van der Waals surface area contributed by atoms with Crippen LogP contribution in [0.15, 0.2) is 24.3 Å². The third-order valence-electron chi connectivity index (χ3n) is 2.51. The summed E-state index contributed by atoms with van der Waals surface area (Å²) in [7, 11) is 0. The fourth-order valence-corrected chi connectivity index (χ4v) is 2.28. The first kappa shape index (κ1) is 14.0. The van der Waals surface area contributed by atoms with E-state index in [1.165, 1.54) is 23.9 Å². The van der Waals surface area contributed by atoms with Crippen molar-refractivity contribution < 1.29 is 14.3 Å². The van der Waals surface area contributed by atoms with E-state index in [9.17, 15) is 9.18 Å². The molecule has 1 atom stereocenters. The summed E-state index contributed by atoms with van der Waals surface area (Å²) in [6.45, 7) is 3.55. The van der Waals surface area contributed by atoms with Gasteiger partial charge in [-0.1, -0.05) is 12.1 Å². The first-order valence-electron chi connectivity index (χ1n) is 5.20. The van der Waals surface area contributed by atoms with E-state index in [-0.39, 0.29) is 5.82 Å². The summed E-state index contributed by atoms with van der Waals surface area (Å²) in [5.41, 5.74) is 6.41. The van der Waals surface area contributed by atoms with Crippen LogP contribution >= 0.6 is 11.8 Å². The zero-order valence-corrected chi connectivity index (χ0v) is 10.6. The van der Waals surface area contributed by atoms with Crippen LogP contribution in [0.5, 0.6) is 0 Å². The molecule has 17 heavy (non-hydrogen) atoms. The van der Waals surface area contributed by atoms with Crippen LogP contribution in [-0.2, 0) is 10.5 Å². The smallest absolute Gasteiger partial charge is 0.321 e. The van der Waals surface area contributed by atoms with Crippen molar-refractivity contribution in [2.75, 3.05) is 0 Å². The van der Waals surface area contributed by atoms with Crippen LogP contribution in [0.1, 0.15) is 19.4 Å². The topological polar surface area (TPSA) is 63.3 Å². The van der Waals surface area contributed by atoms with Gasteiger partial charge in [0.05, 0.1) is 0 Å². The van der Waals surface area contributed by atoms with Gasteiger partial charge in [0.1, 0.15) is 11.9 Å². The lowest BCUT2D eigenvalue weighted by atomic mass is 10.1. The molecular formula is C12H16FNO2S. The lowest BCUT2D eigenvalue weighted by Crippen LogP contribution is -2.46. The zero-order valence-electron chi connectivity index (χ0n) is 9.81. The maximum absolute atomic E-state index is 12.9. The molecule has 0 bridgehead atoms. The maximum atomic E-state index is 12.9. The van der Waals surface area contributed by atoms with Crippen molar-refractivity contribution >= 4 is 17.7 Å². The van der Waals surface area contributed by atoms with Gasteiger partial charge in [-0.2, -0.15) is 0 Å². The molecule has 0 spiro atoms. The molecule has 3 nitrogen and oxygen atoms in total. The van der Waals surface area contributed by atoms with E-state index < -0.39 is 16.8 Å². The molecule has 0 aliphatic rings. The predicted molar refractivity (Wildman–Crippen MR) is 67.4 cm³/mol. The number of hydrogen-bond acceptors (Lipinski definition) is 3. The van der Waals surface area contributed by atoms with Crippen LogP contribution in [0.2, 0.25) is 0 Å². The van der Waals surface area contributed by atoms with Crippen LogP contribution in [0.25, 0.3) is 0 Å². The zero-order chi connectivity index (χ0) is 13.1. The number of hydrogen-bond donors (Lipinski definition) is 2. The highest BCUT2D eigenvalue weighted by Gasteiger charge is 2.32. The molecule has 94 valence electrons. The Morgan fingerprint density at radius 1 is 1.59 bits per heavy atom. The normalized spacial score (nSPS) is 13.4. The van der Waals surface area contributed by atoms with E-state index in [0.717, 1.165) is 5.56 Å². The number of carboxylic acid groups (broad SMARTS) is 1. The Kier molecular flexibility index (Phi) is 4.54. The second kappa shape index (κ2) is 5.51. The van der Waals surface area contributed by atoms with Crippen molar-refractivity contribution in [3.63, 3.8) is 0 Å². The predicted octanol–water partition coefficient (Wildman–Crippen LogP) is 2.25. The van der Waals surface area contributed by atoms with Crippen LogP contribution in [0.3, 0.4) is 0 Å². The van der Waals surface area contributed by atoms with Crippen molar-refractivity contribution in [2.24, 2.45) is 5.73 Å². The highest BCUT2D eigenvalue weighted by atomic mass is 32.2. The highest BCUT2D eigenvalue weighted by Crippen LogP contribution is 2.30. The SMILES string of the molecule is CC(C)(SCc1cccc(F)c1)[C@H](N)C(=O)O. The van der Waals surface area contributed by atoms with Gasteiger partial charge in [-0.15, -0.1) is 11.8 Å². The maximum Gasteiger partial charge on any atom is 0.321 e. The minimum Gasteiger partial charge on any atom is -0.480 e. The molecule has 0 saturated heterocycles. The monoisotopic (exact) mass is 257 g/mol. The molecule has 0 amide bonds. The molecule has 1 aromatic rings. The average molecular weight is 257 g/mol. The number of benzene rings is 1. The first-order chi connectivity index (χ1) is 7.83. The van der Waals surface area contributed by atoms with Crippen LogP contribution in [0, 0.1) is 5.82 Å². The van der Waals surface area contributed by atoms with Gasteiger partial charge in [-0.05, 0) is 31.5 Å². The molecule has 0 fully saturated rings. The minimum absolute atomic E-state index is 0.288. The van der Waals surface area contributed by atoms with Crippen molar-refractivity contribution in [1.82, 2.24) is 0 Å². The number of thioether (sulfide) groups is 1. The van der Waals surface area contributed by atoms with E-state index in [4.69, 9.17) is 10.8 Å². The molecule has 0 aromatic heterocycles. The van der Waals surface area contributed by atoms with Crippen molar-refractivity contribution in [3.8, 4) is 0 Å². The van der Waals surface area contributed by atoms with E-state index in [0.29, 0.717) is 5.75 Å². The number of rotatable bonds is 5. The molecule has 0 aliphatic heterocycles. The summed E-state index contributed by atoms with van der Waals surface area (Å²) in [4.78, 5) is 10.8. The van der Waals surface area contributed by atoms with Crippen LogP contribution in [0.4, 0.5) is 4.39 Å². The lowest BCUT2D eigenvalue weighted by Gasteiger charge is -2.28. The third-order valence-corrected chi connectivity index (χ3v) is 3.99. The third kappa shape index (κ3) is 4.02. The molecular weight excluding hydrogens is 241 g/mol. The number of aliphatic carboxylic acids is 1. The Morgan fingerprint density at radius 3 is 2.76 bits per heavy atom. The molecule has 5 heteroatoms. The Bertz CT molecular complexity index is 409. The highest BCUT2D eigenvalue weighted by molar-refractivity contribution is 7.99. The minimum atomic E-state index is -1.03. The Labute approximate surface area is 104 Å². The summed E-state index contributed by atoms with van der Waals surface area (Å²) in [6, 6.07) is 5.31. The van der Waals surface area contributed by atoms with Gasteiger partial charge in [0.25, 0.3) is 0 Å². The Hall–Kier alpha value is -1.07. The van der Waals surface area contributed by atoms with Gasteiger partial charge < -0.3 is 10.8 Å². The first-order valence-corrected chi connectivity index (χ1v) is 6.18. The number of carbonyl (C=O) groups is 1. The van der Waals surface area contributed by atoms with Gasteiger partial charge in [-0.25, -0.2) is 4.39 Å². The van der Waals surface area contributed by atoms with Crippen LogP contribution < -0.4 is 5.73 Å². The van der Waals surface area contributed by atoms with E-state index in [1.807, 2.05) is 0 Å².